The maximum absolute atomic E-state index is 5.39. The summed E-state index contributed by atoms with van der Waals surface area (Å²) in [5.74, 6) is 7.10. The number of rotatable bonds is 6. The minimum absolute atomic E-state index is 0.754. The van der Waals surface area contributed by atoms with Gasteiger partial charge in [-0.2, -0.15) is 0 Å². The summed E-state index contributed by atoms with van der Waals surface area (Å²) in [5.41, 5.74) is 3.91. The van der Waals surface area contributed by atoms with Crippen molar-refractivity contribution in [1.82, 2.24) is 9.88 Å². The van der Waals surface area contributed by atoms with E-state index >= 15 is 0 Å². The average Bonchev–Trinajstić information content (AvgIpc) is 3.21. The quantitative estimate of drug-likeness (QED) is 0.579. The lowest BCUT2D eigenvalue weighted by atomic mass is 10.2. The number of hydrogen-bond acceptors (Lipinski definition) is 4. The molecular formula is C13H20N4. The summed E-state index contributed by atoms with van der Waals surface area (Å²) in [6.45, 7) is 2.32. The molecular weight excluding hydrogens is 212 g/mol. The van der Waals surface area contributed by atoms with Crippen LogP contribution in [-0.4, -0.2) is 22.5 Å². The van der Waals surface area contributed by atoms with Gasteiger partial charge in [-0.25, -0.2) is 10.8 Å². The Morgan fingerprint density at radius 1 is 1.35 bits per heavy atom. The third-order valence-electron chi connectivity index (χ3n) is 3.61. The molecule has 0 unspecified atom stereocenters. The Hall–Kier alpha value is -1.13. The second-order valence-corrected chi connectivity index (χ2v) is 5.30. The fourth-order valence-corrected chi connectivity index (χ4v) is 2.30. The van der Waals surface area contributed by atoms with Crippen LogP contribution in [0.15, 0.2) is 18.3 Å². The van der Waals surface area contributed by atoms with E-state index in [9.17, 15) is 0 Å². The number of hydrazine groups is 1. The minimum Gasteiger partial charge on any atom is -0.308 e. The largest absolute Gasteiger partial charge is 0.308 e. The first-order chi connectivity index (χ1) is 8.35. The summed E-state index contributed by atoms with van der Waals surface area (Å²) in [4.78, 5) is 6.78. The van der Waals surface area contributed by atoms with Gasteiger partial charge in [-0.3, -0.25) is 4.90 Å². The van der Waals surface area contributed by atoms with E-state index in [1.54, 1.807) is 0 Å². The van der Waals surface area contributed by atoms with Crippen LogP contribution in [0.1, 0.15) is 31.2 Å². The van der Waals surface area contributed by atoms with Crippen LogP contribution < -0.4 is 11.3 Å². The summed E-state index contributed by atoms with van der Waals surface area (Å²) >= 11 is 0. The highest BCUT2D eigenvalue weighted by atomic mass is 15.2. The van der Waals surface area contributed by atoms with Gasteiger partial charge in [0.1, 0.15) is 5.82 Å². The van der Waals surface area contributed by atoms with Crippen LogP contribution in [0.4, 0.5) is 5.82 Å². The fourth-order valence-electron chi connectivity index (χ4n) is 2.30. The number of pyridine rings is 1. The van der Waals surface area contributed by atoms with Gasteiger partial charge in [0, 0.05) is 25.3 Å². The Bertz CT molecular complexity index is 385. The van der Waals surface area contributed by atoms with Gasteiger partial charge in [-0.1, -0.05) is 0 Å². The molecule has 0 amide bonds. The molecule has 2 saturated carbocycles. The molecule has 2 aliphatic carbocycles. The highest BCUT2D eigenvalue weighted by molar-refractivity contribution is 5.35. The monoisotopic (exact) mass is 232 g/mol. The van der Waals surface area contributed by atoms with Crippen molar-refractivity contribution in [3.63, 3.8) is 0 Å². The maximum Gasteiger partial charge on any atom is 0.140 e. The van der Waals surface area contributed by atoms with E-state index < -0.39 is 0 Å². The van der Waals surface area contributed by atoms with Crippen LogP contribution in [0, 0.1) is 5.92 Å². The first-order valence-electron chi connectivity index (χ1n) is 6.51. The predicted molar refractivity (Wildman–Crippen MR) is 68.2 cm³/mol. The van der Waals surface area contributed by atoms with Crippen LogP contribution in [-0.2, 0) is 6.54 Å². The van der Waals surface area contributed by atoms with Gasteiger partial charge < -0.3 is 5.43 Å². The molecule has 0 saturated heterocycles. The van der Waals surface area contributed by atoms with Crippen molar-refractivity contribution in [2.45, 2.75) is 38.3 Å². The Balaban J connectivity index is 1.65. The van der Waals surface area contributed by atoms with E-state index in [2.05, 4.69) is 21.4 Å². The minimum atomic E-state index is 0.754. The Morgan fingerprint density at radius 3 is 2.82 bits per heavy atom. The molecule has 0 bridgehead atoms. The highest BCUT2D eigenvalue weighted by Gasteiger charge is 2.33. The molecule has 92 valence electrons. The van der Waals surface area contributed by atoms with Crippen LogP contribution in [0.3, 0.4) is 0 Å². The molecule has 1 aromatic heterocycles. The van der Waals surface area contributed by atoms with E-state index in [0.717, 1.165) is 24.3 Å². The zero-order valence-corrected chi connectivity index (χ0v) is 10.1. The fraction of sp³-hybridized carbons (Fsp3) is 0.615. The Kier molecular flexibility index (Phi) is 2.99. The Labute approximate surface area is 102 Å². The summed E-state index contributed by atoms with van der Waals surface area (Å²) < 4.78 is 0. The number of nitrogen functional groups attached to an aromatic ring is 1. The van der Waals surface area contributed by atoms with E-state index in [4.69, 9.17) is 5.84 Å². The average molecular weight is 232 g/mol. The molecule has 0 aromatic carbocycles. The molecule has 1 heterocycles. The first kappa shape index (κ1) is 11.0. The van der Waals surface area contributed by atoms with Crippen LogP contribution in [0.2, 0.25) is 0 Å². The molecule has 0 radical (unpaired) electrons. The number of aromatic nitrogens is 1. The standard InChI is InChI=1S/C13H20N4/c14-16-13-7-11(5-6-15-13)9-17(12-3-4-12)8-10-1-2-10/h5-7,10,12H,1-4,8-9,14H2,(H,15,16). The zero-order chi connectivity index (χ0) is 11.7. The van der Waals surface area contributed by atoms with Crippen LogP contribution >= 0.6 is 0 Å². The lowest BCUT2D eigenvalue weighted by molar-refractivity contribution is 0.244. The predicted octanol–water partition coefficient (Wildman–Crippen LogP) is 1.74. The van der Waals surface area contributed by atoms with Gasteiger partial charge >= 0.3 is 0 Å². The highest BCUT2D eigenvalue weighted by Crippen LogP contribution is 2.35. The zero-order valence-electron chi connectivity index (χ0n) is 10.1. The van der Waals surface area contributed by atoms with E-state index in [-0.39, 0.29) is 0 Å². The summed E-state index contributed by atoms with van der Waals surface area (Å²) in [6.07, 6.45) is 7.43. The second-order valence-electron chi connectivity index (χ2n) is 5.30. The maximum atomic E-state index is 5.39. The first-order valence-corrected chi connectivity index (χ1v) is 6.51. The van der Waals surface area contributed by atoms with Crippen LogP contribution in [0.25, 0.3) is 0 Å². The molecule has 0 atom stereocenters. The molecule has 4 heteroatoms. The van der Waals surface area contributed by atoms with Crippen molar-refractivity contribution in [2.24, 2.45) is 11.8 Å². The van der Waals surface area contributed by atoms with Crippen molar-refractivity contribution in [1.29, 1.82) is 0 Å². The van der Waals surface area contributed by atoms with Gasteiger partial charge in [0.2, 0.25) is 0 Å². The second kappa shape index (κ2) is 4.63. The lowest BCUT2D eigenvalue weighted by Crippen LogP contribution is -2.27. The van der Waals surface area contributed by atoms with Gasteiger partial charge in [0.25, 0.3) is 0 Å². The number of hydrogen-bond donors (Lipinski definition) is 2. The Morgan fingerprint density at radius 2 is 2.18 bits per heavy atom. The van der Waals surface area contributed by atoms with Gasteiger partial charge in [0.15, 0.2) is 0 Å². The third kappa shape index (κ3) is 2.96. The van der Waals surface area contributed by atoms with E-state index in [0.29, 0.717) is 0 Å². The topological polar surface area (TPSA) is 54.2 Å². The summed E-state index contributed by atoms with van der Waals surface area (Å²) in [5, 5.41) is 0. The number of anilines is 1. The van der Waals surface area contributed by atoms with E-state index in [1.165, 1.54) is 37.8 Å². The van der Waals surface area contributed by atoms with Crippen molar-refractivity contribution >= 4 is 5.82 Å². The smallest absolute Gasteiger partial charge is 0.140 e. The molecule has 3 N–H and O–H groups in total. The molecule has 4 nitrogen and oxygen atoms in total. The van der Waals surface area contributed by atoms with Crippen molar-refractivity contribution in [2.75, 3.05) is 12.0 Å². The molecule has 2 fully saturated rings. The van der Waals surface area contributed by atoms with Crippen molar-refractivity contribution in [3.05, 3.63) is 23.9 Å². The molecule has 0 aliphatic heterocycles. The normalized spacial score (nSPS) is 19.6. The molecule has 0 spiro atoms. The van der Waals surface area contributed by atoms with Gasteiger partial charge in [-0.05, 0) is 49.3 Å². The van der Waals surface area contributed by atoms with Crippen molar-refractivity contribution in [3.8, 4) is 0 Å². The molecule has 1 aromatic rings. The van der Waals surface area contributed by atoms with Gasteiger partial charge in [-0.15, -0.1) is 0 Å². The molecule has 17 heavy (non-hydrogen) atoms. The van der Waals surface area contributed by atoms with E-state index in [1.807, 2.05) is 12.3 Å². The third-order valence-corrected chi connectivity index (χ3v) is 3.61. The summed E-state index contributed by atoms with van der Waals surface area (Å²) in [6, 6.07) is 4.96. The van der Waals surface area contributed by atoms with Crippen LogP contribution in [0.5, 0.6) is 0 Å². The van der Waals surface area contributed by atoms with Crippen molar-refractivity contribution < 1.29 is 0 Å². The molecule has 3 rings (SSSR count). The lowest BCUT2D eigenvalue weighted by Gasteiger charge is -2.22. The summed E-state index contributed by atoms with van der Waals surface area (Å²) in [7, 11) is 0. The number of nitrogens with zero attached hydrogens (tertiary/aromatic N) is 2. The number of nitrogens with one attached hydrogen (secondary N) is 1. The SMILES string of the molecule is NNc1cc(CN(CC2CC2)C2CC2)ccn1. The van der Waals surface area contributed by atoms with Gasteiger partial charge in [0.05, 0.1) is 0 Å². The molecule has 2 aliphatic rings. The number of nitrogens with two attached hydrogens (primary N) is 1.